The minimum Gasteiger partial charge on any atom is -0.366 e. The summed E-state index contributed by atoms with van der Waals surface area (Å²) in [7, 11) is 1.92. The Labute approximate surface area is 123 Å². The lowest BCUT2D eigenvalue weighted by atomic mass is 9.98. The molecule has 1 amide bonds. The molecule has 0 aliphatic rings. The molecule has 2 aromatic carbocycles. The van der Waals surface area contributed by atoms with Gasteiger partial charge < -0.3 is 16.0 Å². The molecule has 4 N–H and O–H groups in total. The molecule has 0 saturated carbocycles. The highest BCUT2D eigenvalue weighted by Gasteiger charge is 2.11. The summed E-state index contributed by atoms with van der Waals surface area (Å²) in [6.07, 6.45) is 1.82. The molecule has 0 spiro atoms. The van der Waals surface area contributed by atoms with E-state index in [0.717, 1.165) is 28.6 Å². The van der Waals surface area contributed by atoms with E-state index < -0.39 is 5.91 Å². The SMILES string of the molecule is CNCc1cccc(-c2cc(C(N)=O)c3[nH]ccc3c2)c1. The number of nitrogens with two attached hydrogens (primary N) is 1. The molecule has 1 aromatic heterocycles. The van der Waals surface area contributed by atoms with Crippen molar-refractivity contribution in [2.24, 2.45) is 5.73 Å². The Hall–Kier alpha value is -2.59. The molecule has 0 atom stereocenters. The van der Waals surface area contributed by atoms with Gasteiger partial charge in [-0.25, -0.2) is 0 Å². The van der Waals surface area contributed by atoms with E-state index in [-0.39, 0.29) is 0 Å². The van der Waals surface area contributed by atoms with Crippen molar-refractivity contribution in [1.82, 2.24) is 10.3 Å². The van der Waals surface area contributed by atoms with Crippen LogP contribution in [-0.4, -0.2) is 17.9 Å². The maximum Gasteiger partial charge on any atom is 0.250 e. The van der Waals surface area contributed by atoms with Crippen molar-refractivity contribution in [1.29, 1.82) is 0 Å². The van der Waals surface area contributed by atoms with E-state index in [1.807, 2.05) is 37.5 Å². The van der Waals surface area contributed by atoms with Gasteiger partial charge in [0.05, 0.1) is 11.1 Å². The topological polar surface area (TPSA) is 70.9 Å². The maximum absolute atomic E-state index is 11.7. The second-order valence-corrected chi connectivity index (χ2v) is 5.06. The van der Waals surface area contributed by atoms with Crippen LogP contribution in [0.4, 0.5) is 0 Å². The zero-order valence-corrected chi connectivity index (χ0v) is 11.8. The van der Waals surface area contributed by atoms with Crippen LogP contribution in [0.5, 0.6) is 0 Å². The van der Waals surface area contributed by atoms with Crippen molar-refractivity contribution >= 4 is 16.8 Å². The number of H-pyrrole nitrogens is 1. The zero-order chi connectivity index (χ0) is 14.8. The van der Waals surface area contributed by atoms with Gasteiger partial charge in [0.1, 0.15) is 0 Å². The van der Waals surface area contributed by atoms with Crippen LogP contribution < -0.4 is 11.1 Å². The summed E-state index contributed by atoms with van der Waals surface area (Å²) in [5.74, 6) is -0.421. The number of carbonyl (C=O) groups excluding carboxylic acids is 1. The second kappa shape index (κ2) is 5.42. The standard InChI is InChI=1S/C17H17N3O/c1-19-10-11-3-2-4-12(7-11)14-8-13-5-6-20-16(13)15(9-14)17(18)21/h2-9,19-20H,10H2,1H3,(H2,18,21). The molecule has 3 rings (SSSR count). The number of carbonyl (C=O) groups is 1. The number of rotatable bonds is 4. The van der Waals surface area contributed by atoms with Crippen molar-refractivity contribution in [3.63, 3.8) is 0 Å². The van der Waals surface area contributed by atoms with E-state index in [9.17, 15) is 4.79 Å². The number of aromatic nitrogens is 1. The number of primary amides is 1. The van der Waals surface area contributed by atoms with Crippen LogP contribution in [0, 0.1) is 0 Å². The molecule has 106 valence electrons. The molecule has 0 unspecified atom stereocenters. The molecule has 1 heterocycles. The van der Waals surface area contributed by atoms with Crippen LogP contribution >= 0.6 is 0 Å². The third kappa shape index (κ3) is 2.53. The molecular weight excluding hydrogens is 262 g/mol. The highest BCUT2D eigenvalue weighted by Crippen LogP contribution is 2.27. The smallest absolute Gasteiger partial charge is 0.250 e. The minimum atomic E-state index is -0.421. The average Bonchev–Trinajstić information content (AvgIpc) is 2.95. The summed E-state index contributed by atoms with van der Waals surface area (Å²) in [5.41, 5.74) is 10.1. The molecular formula is C17H17N3O. The third-order valence-corrected chi connectivity index (χ3v) is 3.57. The lowest BCUT2D eigenvalue weighted by molar-refractivity contribution is 0.100. The lowest BCUT2D eigenvalue weighted by Gasteiger charge is -2.08. The van der Waals surface area contributed by atoms with Gasteiger partial charge in [0.15, 0.2) is 0 Å². The van der Waals surface area contributed by atoms with Gasteiger partial charge in [-0.15, -0.1) is 0 Å². The first-order valence-corrected chi connectivity index (χ1v) is 6.84. The fourth-order valence-corrected chi connectivity index (χ4v) is 2.60. The summed E-state index contributed by atoms with van der Waals surface area (Å²) in [5, 5.41) is 4.13. The quantitative estimate of drug-likeness (QED) is 0.687. The van der Waals surface area contributed by atoms with E-state index >= 15 is 0 Å². The van der Waals surface area contributed by atoms with Crippen LogP contribution in [0.1, 0.15) is 15.9 Å². The average molecular weight is 279 g/mol. The summed E-state index contributed by atoms with van der Waals surface area (Å²) in [6.45, 7) is 0.808. The largest absolute Gasteiger partial charge is 0.366 e. The van der Waals surface area contributed by atoms with Crippen molar-refractivity contribution in [2.45, 2.75) is 6.54 Å². The van der Waals surface area contributed by atoms with Crippen LogP contribution in [0.15, 0.2) is 48.7 Å². The summed E-state index contributed by atoms with van der Waals surface area (Å²) >= 11 is 0. The van der Waals surface area contributed by atoms with Gasteiger partial charge in [0, 0.05) is 18.1 Å². The van der Waals surface area contributed by atoms with Gasteiger partial charge in [-0.1, -0.05) is 18.2 Å². The molecule has 21 heavy (non-hydrogen) atoms. The van der Waals surface area contributed by atoms with E-state index in [1.54, 1.807) is 0 Å². The first-order chi connectivity index (χ1) is 10.2. The number of benzene rings is 2. The lowest BCUT2D eigenvalue weighted by Crippen LogP contribution is -2.11. The predicted molar refractivity (Wildman–Crippen MR) is 85.0 cm³/mol. The van der Waals surface area contributed by atoms with Gasteiger partial charge >= 0.3 is 0 Å². The number of hydrogen-bond donors (Lipinski definition) is 3. The van der Waals surface area contributed by atoms with Crippen molar-refractivity contribution in [3.8, 4) is 11.1 Å². The second-order valence-electron chi connectivity index (χ2n) is 5.06. The number of aromatic amines is 1. The van der Waals surface area contributed by atoms with Gasteiger partial charge in [0.25, 0.3) is 5.91 Å². The van der Waals surface area contributed by atoms with E-state index in [4.69, 9.17) is 5.73 Å². The Morgan fingerprint density at radius 3 is 2.81 bits per heavy atom. The molecule has 0 aliphatic carbocycles. The Morgan fingerprint density at radius 2 is 2.05 bits per heavy atom. The maximum atomic E-state index is 11.7. The number of fused-ring (bicyclic) bond motifs is 1. The highest BCUT2D eigenvalue weighted by atomic mass is 16.1. The van der Waals surface area contributed by atoms with Crippen molar-refractivity contribution in [2.75, 3.05) is 7.05 Å². The van der Waals surface area contributed by atoms with Crippen LogP contribution in [0.2, 0.25) is 0 Å². The van der Waals surface area contributed by atoms with Crippen LogP contribution in [0.25, 0.3) is 22.0 Å². The monoisotopic (exact) mass is 279 g/mol. The Kier molecular flexibility index (Phi) is 3.46. The number of amides is 1. The molecule has 4 heteroatoms. The van der Waals surface area contributed by atoms with Gasteiger partial charge in [-0.2, -0.15) is 0 Å². The van der Waals surface area contributed by atoms with Gasteiger partial charge in [-0.05, 0) is 48.0 Å². The van der Waals surface area contributed by atoms with Crippen molar-refractivity contribution < 1.29 is 4.79 Å². The van der Waals surface area contributed by atoms with E-state index in [2.05, 4.69) is 28.5 Å². The normalized spacial score (nSPS) is 10.9. The van der Waals surface area contributed by atoms with Crippen LogP contribution in [0.3, 0.4) is 0 Å². The highest BCUT2D eigenvalue weighted by molar-refractivity contribution is 6.06. The Bertz CT molecular complexity index is 805. The summed E-state index contributed by atoms with van der Waals surface area (Å²) < 4.78 is 0. The first kappa shape index (κ1) is 13.4. The molecule has 0 fully saturated rings. The van der Waals surface area contributed by atoms with Crippen LogP contribution in [-0.2, 0) is 6.54 Å². The first-order valence-electron chi connectivity index (χ1n) is 6.84. The molecule has 0 radical (unpaired) electrons. The fraction of sp³-hybridized carbons (Fsp3) is 0.118. The number of nitrogens with one attached hydrogen (secondary N) is 2. The summed E-state index contributed by atoms with van der Waals surface area (Å²) in [4.78, 5) is 14.7. The molecule has 4 nitrogen and oxygen atoms in total. The third-order valence-electron chi connectivity index (χ3n) is 3.57. The Balaban J connectivity index is 2.16. The molecule has 0 bridgehead atoms. The van der Waals surface area contributed by atoms with Gasteiger partial charge in [0.2, 0.25) is 0 Å². The zero-order valence-electron chi connectivity index (χ0n) is 11.8. The molecule has 0 aliphatic heterocycles. The Morgan fingerprint density at radius 1 is 1.19 bits per heavy atom. The van der Waals surface area contributed by atoms with E-state index in [0.29, 0.717) is 5.56 Å². The predicted octanol–water partition coefficient (Wildman–Crippen LogP) is 2.65. The minimum absolute atomic E-state index is 0.421. The molecule has 0 saturated heterocycles. The number of hydrogen-bond acceptors (Lipinski definition) is 2. The van der Waals surface area contributed by atoms with E-state index in [1.165, 1.54) is 5.56 Å². The fourth-order valence-electron chi connectivity index (χ4n) is 2.60. The van der Waals surface area contributed by atoms with Crippen molar-refractivity contribution in [3.05, 3.63) is 59.8 Å². The molecule has 3 aromatic rings. The summed E-state index contributed by atoms with van der Waals surface area (Å²) in [6, 6.07) is 14.1. The van der Waals surface area contributed by atoms with Gasteiger partial charge in [-0.3, -0.25) is 4.79 Å².